The summed E-state index contributed by atoms with van der Waals surface area (Å²) in [7, 11) is 0. The molecule has 0 saturated heterocycles. The van der Waals surface area contributed by atoms with Gasteiger partial charge in [0, 0.05) is 25.4 Å². The SMILES string of the molecule is CC(=O)NCC1=CCCC(Cc2c[nH]c(=S)[nH]2)C1. The summed E-state index contributed by atoms with van der Waals surface area (Å²) in [5.41, 5.74) is 2.52. The summed E-state index contributed by atoms with van der Waals surface area (Å²) in [6.07, 6.45) is 8.59. The van der Waals surface area contributed by atoms with E-state index in [9.17, 15) is 4.79 Å². The minimum Gasteiger partial charge on any atom is -0.353 e. The molecular formula is C13H19N3OS. The van der Waals surface area contributed by atoms with Crippen molar-refractivity contribution in [2.75, 3.05) is 6.54 Å². The molecule has 1 unspecified atom stereocenters. The van der Waals surface area contributed by atoms with Gasteiger partial charge in [-0.25, -0.2) is 0 Å². The third-order valence-electron chi connectivity index (χ3n) is 3.28. The van der Waals surface area contributed by atoms with Crippen LogP contribution in [0.15, 0.2) is 17.8 Å². The lowest BCUT2D eigenvalue weighted by Crippen LogP contribution is -2.24. The van der Waals surface area contributed by atoms with E-state index in [4.69, 9.17) is 12.2 Å². The van der Waals surface area contributed by atoms with Crippen molar-refractivity contribution in [3.63, 3.8) is 0 Å². The van der Waals surface area contributed by atoms with Crippen molar-refractivity contribution in [1.29, 1.82) is 0 Å². The number of H-pyrrole nitrogens is 2. The minimum atomic E-state index is 0.0349. The zero-order valence-electron chi connectivity index (χ0n) is 10.6. The van der Waals surface area contributed by atoms with E-state index in [1.165, 1.54) is 17.7 Å². The number of aromatic nitrogens is 2. The van der Waals surface area contributed by atoms with E-state index < -0.39 is 0 Å². The van der Waals surface area contributed by atoms with E-state index in [-0.39, 0.29) is 5.91 Å². The Balaban J connectivity index is 1.87. The fraction of sp³-hybridized carbons (Fsp3) is 0.538. The van der Waals surface area contributed by atoms with Crippen LogP contribution in [0.2, 0.25) is 0 Å². The molecule has 2 rings (SSSR count). The Morgan fingerprint density at radius 1 is 1.61 bits per heavy atom. The molecule has 1 aromatic heterocycles. The van der Waals surface area contributed by atoms with Gasteiger partial charge in [0.05, 0.1) is 0 Å². The first-order valence-corrected chi connectivity index (χ1v) is 6.73. The Morgan fingerprint density at radius 3 is 3.11 bits per heavy atom. The van der Waals surface area contributed by atoms with Gasteiger partial charge in [-0.05, 0) is 43.8 Å². The number of aromatic amines is 2. The van der Waals surface area contributed by atoms with Crippen molar-refractivity contribution in [2.24, 2.45) is 5.92 Å². The maximum absolute atomic E-state index is 10.9. The average Bonchev–Trinajstić information content (AvgIpc) is 2.73. The van der Waals surface area contributed by atoms with Crippen molar-refractivity contribution in [1.82, 2.24) is 15.3 Å². The molecule has 1 aliphatic carbocycles. The molecule has 0 spiro atoms. The van der Waals surface area contributed by atoms with Crippen LogP contribution >= 0.6 is 12.2 Å². The summed E-state index contributed by atoms with van der Waals surface area (Å²) in [6.45, 7) is 2.25. The first kappa shape index (κ1) is 13.1. The fourth-order valence-electron chi connectivity index (χ4n) is 2.43. The lowest BCUT2D eigenvalue weighted by Gasteiger charge is -2.22. The number of allylic oxidation sites excluding steroid dienone is 1. The highest BCUT2D eigenvalue weighted by molar-refractivity contribution is 7.71. The number of nitrogens with one attached hydrogen (secondary N) is 3. The zero-order chi connectivity index (χ0) is 13.0. The number of hydrogen-bond donors (Lipinski definition) is 3. The van der Waals surface area contributed by atoms with Gasteiger partial charge in [-0.3, -0.25) is 4.79 Å². The van der Waals surface area contributed by atoms with Gasteiger partial charge in [0.2, 0.25) is 5.91 Å². The van der Waals surface area contributed by atoms with Crippen molar-refractivity contribution in [2.45, 2.75) is 32.6 Å². The van der Waals surface area contributed by atoms with Gasteiger partial charge >= 0.3 is 0 Å². The Hall–Kier alpha value is -1.36. The molecule has 4 nitrogen and oxygen atoms in total. The Morgan fingerprint density at radius 2 is 2.44 bits per heavy atom. The van der Waals surface area contributed by atoms with Gasteiger partial charge in [-0.15, -0.1) is 0 Å². The maximum Gasteiger partial charge on any atom is 0.217 e. The molecule has 0 saturated carbocycles. The van der Waals surface area contributed by atoms with E-state index in [0.29, 0.717) is 17.2 Å². The van der Waals surface area contributed by atoms with Crippen LogP contribution in [0.3, 0.4) is 0 Å². The van der Waals surface area contributed by atoms with E-state index >= 15 is 0 Å². The standard InChI is InChI=1S/C13H19N3OS/c1-9(17)14-7-11-4-2-3-10(5-11)6-12-8-15-13(18)16-12/h4,8,10H,2-3,5-7H2,1H3,(H,14,17)(H2,15,16,18). The molecule has 0 aliphatic heterocycles. The van der Waals surface area contributed by atoms with E-state index in [1.54, 1.807) is 6.92 Å². The van der Waals surface area contributed by atoms with Gasteiger partial charge in [0.25, 0.3) is 0 Å². The first-order chi connectivity index (χ1) is 8.63. The lowest BCUT2D eigenvalue weighted by molar-refractivity contribution is -0.118. The summed E-state index contributed by atoms with van der Waals surface area (Å²) in [4.78, 5) is 17.1. The normalized spacial score (nSPS) is 19.4. The molecule has 0 bridgehead atoms. The molecule has 0 fully saturated rings. The highest BCUT2D eigenvalue weighted by Gasteiger charge is 2.16. The summed E-state index contributed by atoms with van der Waals surface area (Å²) < 4.78 is 0.690. The molecule has 1 aliphatic rings. The summed E-state index contributed by atoms with van der Waals surface area (Å²) in [6, 6.07) is 0. The molecule has 1 amide bonds. The zero-order valence-corrected chi connectivity index (χ0v) is 11.4. The molecule has 1 aromatic rings. The topological polar surface area (TPSA) is 60.7 Å². The van der Waals surface area contributed by atoms with Gasteiger partial charge in [-0.2, -0.15) is 0 Å². The van der Waals surface area contributed by atoms with Gasteiger partial charge in [0.1, 0.15) is 0 Å². The molecule has 0 aromatic carbocycles. The Bertz CT molecular complexity index is 500. The second kappa shape index (κ2) is 6.00. The highest BCUT2D eigenvalue weighted by atomic mass is 32.1. The van der Waals surface area contributed by atoms with Crippen LogP contribution in [-0.4, -0.2) is 22.4 Å². The lowest BCUT2D eigenvalue weighted by atomic mass is 9.86. The van der Waals surface area contributed by atoms with Gasteiger partial charge < -0.3 is 15.3 Å². The summed E-state index contributed by atoms with van der Waals surface area (Å²) >= 11 is 5.02. The molecule has 5 heteroatoms. The molecule has 18 heavy (non-hydrogen) atoms. The molecule has 1 atom stereocenters. The van der Waals surface area contributed by atoms with Crippen LogP contribution < -0.4 is 5.32 Å². The largest absolute Gasteiger partial charge is 0.353 e. The summed E-state index contributed by atoms with van der Waals surface area (Å²) in [5, 5.41) is 2.87. The third-order valence-corrected chi connectivity index (χ3v) is 3.50. The van der Waals surface area contributed by atoms with E-state index in [2.05, 4.69) is 21.4 Å². The molecule has 0 radical (unpaired) electrons. The van der Waals surface area contributed by atoms with Gasteiger partial charge in [-0.1, -0.05) is 11.6 Å². The quantitative estimate of drug-likeness (QED) is 0.578. The van der Waals surface area contributed by atoms with Crippen LogP contribution in [0.4, 0.5) is 0 Å². The second-order valence-corrected chi connectivity index (χ2v) is 5.30. The molecule has 1 heterocycles. The van der Waals surface area contributed by atoms with E-state index in [1.807, 2.05) is 6.20 Å². The Labute approximate surface area is 112 Å². The van der Waals surface area contributed by atoms with Crippen molar-refractivity contribution in [3.8, 4) is 0 Å². The second-order valence-electron chi connectivity index (χ2n) is 4.89. The average molecular weight is 265 g/mol. The van der Waals surface area contributed by atoms with Crippen LogP contribution in [0.1, 0.15) is 31.9 Å². The third kappa shape index (κ3) is 3.84. The summed E-state index contributed by atoms with van der Waals surface area (Å²) in [5.74, 6) is 0.674. The molecule has 98 valence electrons. The van der Waals surface area contributed by atoms with Crippen molar-refractivity contribution >= 4 is 18.1 Å². The van der Waals surface area contributed by atoms with E-state index in [0.717, 1.165) is 19.3 Å². The number of carbonyl (C=O) groups is 1. The van der Waals surface area contributed by atoms with Crippen LogP contribution in [-0.2, 0) is 11.2 Å². The minimum absolute atomic E-state index is 0.0349. The predicted octanol–water partition coefficient (Wildman–Crippen LogP) is 2.48. The number of rotatable bonds is 4. The van der Waals surface area contributed by atoms with Crippen LogP contribution in [0.25, 0.3) is 0 Å². The fourth-order valence-corrected chi connectivity index (χ4v) is 2.62. The first-order valence-electron chi connectivity index (χ1n) is 6.32. The number of hydrogen-bond acceptors (Lipinski definition) is 2. The highest BCUT2D eigenvalue weighted by Crippen LogP contribution is 2.26. The maximum atomic E-state index is 10.9. The van der Waals surface area contributed by atoms with Crippen LogP contribution in [0, 0.1) is 10.7 Å². The smallest absolute Gasteiger partial charge is 0.217 e. The number of carbonyl (C=O) groups excluding carboxylic acids is 1. The Kier molecular flexibility index (Phi) is 4.36. The number of amides is 1. The molecule has 3 N–H and O–H groups in total. The van der Waals surface area contributed by atoms with Crippen LogP contribution in [0.5, 0.6) is 0 Å². The van der Waals surface area contributed by atoms with Crippen molar-refractivity contribution in [3.05, 3.63) is 28.3 Å². The van der Waals surface area contributed by atoms with Crippen molar-refractivity contribution < 1.29 is 4.79 Å². The molecular weight excluding hydrogens is 246 g/mol. The monoisotopic (exact) mass is 265 g/mol. The number of imidazole rings is 1. The predicted molar refractivity (Wildman–Crippen MR) is 73.8 cm³/mol. The van der Waals surface area contributed by atoms with Gasteiger partial charge in [0.15, 0.2) is 4.77 Å².